The fourth-order valence-corrected chi connectivity index (χ4v) is 3.92. The topological polar surface area (TPSA) is 87.8 Å². The van der Waals surface area contributed by atoms with Crippen molar-refractivity contribution in [2.45, 2.75) is 51.3 Å². The first-order chi connectivity index (χ1) is 11.0. The molecule has 1 aliphatic heterocycles. The molecule has 0 spiro atoms. The summed E-state index contributed by atoms with van der Waals surface area (Å²) >= 11 is 0. The van der Waals surface area contributed by atoms with E-state index in [0.717, 1.165) is 5.76 Å². The molecule has 0 bridgehead atoms. The third-order valence-electron chi connectivity index (χ3n) is 4.25. The molecule has 1 saturated heterocycles. The van der Waals surface area contributed by atoms with Crippen molar-refractivity contribution in [1.29, 1.82) is 0 Å². The van der Waals surface area contributed by atoms with Crippen LogP contribution in [0.3, 0.4) is 0 Å². The maximum absolute atomic E-state index is 12.1. The zero-order valence-electron chi connectivity index (χ0n) is 15.4. The lowest BCUT2D eigenvalue weighted by Gasteiger charge is -2.39. The number of hydrogen-bond acceptors (Lipinski definition) is 5. The van der Waals surface area contributed by atoms with Gasteiger partial charge in [0.2, 0.25) is 5.89 Å². The highest BCUT2D eigenvalue weighted by Crippen LogP contribution is 2.24. The van der Waals surface area contributed by atoms with E-state index in [1.807, 2.05) is 4.90 Å². The Labute approximate surface area is 144 Å². The second kappa shape index (κ2) is 6.38. The number of nitrogens with one attached hydrogen (secondary N) is 1. The van der Waals surface area contributed by atoms with Crippen LogP contribution in [-0.2, 0) is 21.8 Å². The Balaban J connectivity index is 2.02. The summed E-state index contributed by atoms with van der Waals surface area (Å²) in [5, 5.41) is 3.21. The lowest BCUT2D eigenvalue weighted by atomic mass is 9.94. The number of hydrogen-bond donors (Lipinski definition) is 1. The van der Waals surface area contributed by atoms with Crippen molar-refractivity contribution in [1.82, 2.24) is 15.2 Å². The predicted octanol–water partition coefficient (Wildman–Crippen LogP) is 1.56. The van der Waals surface area contributed by atoms with Crippen LogP contribution in [0.15, 0.2) is 15.6 Å². The zero-order chi connectivity index (χ0) is 18.2. The van der Waals surface area contributed by atoms with Crippen LogP contribution in [-0.4, -0.2) is 54.9 Å². The van der Waals surface area contributed by atoms with Crippen molar-refractivity contribution in [3.05, 3.63) is 17.8 Å². The summed E-state index contributed by atoms with van der Waals surface area (Å²) in [6.45, 7) is 11.0. The summed E-state index contributed by atoms with van der Waals surface area (Å²) in [5.41, 5.74) is -0.0851. The number of nitrogens with zero attached hydrogens (tertiary/aromatic N) is 3. The zero-order valence-corrected chi connectivity index (χ0v) is 16.2. The van der Waals surface area contributed by atoms with Gasteiger partial charge < -0.3 is 14.6 Å². The molecule has 0 unspecified atom stereocenters. The standard InChI is InChI=1S/C16H28N4O3S/c1-15(2,3)12-9-18-13(23-12)10-19-14(17-6)20-7-8-24(21,22)16(4,5)11-20/h9H,7-8,10-11H2,1-6H3,(H,17,19). The van der Waals surface area contributed by atoms with E-state index in [1.54, 1.807) is 27.1 Å². The number of oxazole rings is 1. The van der Waals surface area contributed by atoms with Crippen LogP contribution >= 0.6 is 0 Å². The van der Waals surface area contributed by atoms with Crippen molar-refractivity contribution in [2.24, 2.45) is 4.99 Å². The second-order valence-electron chi connectivity index (χ2n) is 7.77. The van der Waals surface area contributed by atoms with Gasteiger partial charge in [-0.1, -0.05) is 20.8 Å². The molecule has 1 N–H and O–H groups in total. The third kappa shape index (κ3) is 3.91. The van der Waals surface area contributed by atoms with E-state index in [0.29, 0.717) is 31.5 Å². The molecular formula is C16H28N4O3S. The van der Waals surface area contributed by atoms with Crippen molar-refractivity contribution < 1.29 is 12.8 Å². The summed E-state index contributed by atoms with van der Waals surface area (Å²) in [4.78, 5) is 10.5. The van der Waals surface area contributed by atoms with Gasteiger partial charge in [0.05, 0.1) is 23.2 Å². The first-order valence-electron chi connectivity index (χ1n) is 8.09. The Morgan fingerprint density at radius 2 is 2.12 bits per heavy atom. The Bertz CT molecular complexity index is 714. The minimum Gasteiger partial charge on any atom is -0.443 e. The molecule has 1 aliphatic rings. The molecule has 24 heavy (non-hydrogen) atoms. The van der Waals surface area contributed by atoms with Crippen molar-refractivity contribution in [3.63, 3.8) is 0 Å². The van der Waals surface area contributed by atoms with Gasteiger partial charge in [-0.25, -0.2) is 13.4 Å². The second-order valence-corrected chi connectivity index (χ2v) is 10.5. The van der Waals surface area contributed by atoms with Gasteiger partial charge in [0.25, 0.3) is 0 Å². The molecule has 1 aromatic rings. The summed E-state index contributed by atoms with van der Waals surface area (Å²) < 4.78 is 29.2. The van der Waals surface area contributed by atoms with Gasteiger partial charge in [-0.05, 0) is 13.8 Å². The van der Waals surface area contributed by atoms with E-state index in [2.05, 4.69) is 36.1 Å². The van der Waals surface area contributed by atoms with E-state index in [1.165, 1.54) is 0 Å². The molecule has 8 heteroatoms. The van der Waals surface area contributed by atoms with Gasteiger partial charge in [0, 0.05) is 25.6 Å². The number of aromatic nitrogens is 1. The van der Waals surface area contributed by atoms with Crippen LogP contribution in [0.2, 0.25) is 0 Å². The fraction of sp³-hybridized carbons (Fsp3) is 0.750. The quantitative estimate of drug-likeness (QED) is 0.639. The van der Waals surface area contributed by atoms with E-state index in [9.17, 15) is 8.42 Å². The smallest absolute Gasteiger partial charge is 0.213 e. The van der Waals surface area contributed by atoms with Gasteiger partial charge in [0.1, 0.15) is 5.76 Å². The average molecular weight is 356 g/mol. The molecule has 0 aliphatic carbocycles. The van der Waals surface area contributed by atoms with Crippen molar-refractivity contribution in [2.75, 3.05) is 25.9 Å². The van der Waals surface area contributed by atoms with E-state index < -0.39 is 14.6 Å². The predicted molar refractivity (Wildman–Crippen MR) is 94.8 cm³/mol. The fourth-order valence-electron chi connectivity index (χ4n) is 2.55. The monoisotopic (exact) mass is 356 g/mol. The lowest BCUT2D eigenvalue weighted by molar-refractivity contribution is 0.346. The molecule has 2 heterocycles. The van der Waals surface area contributed by atoms with Crippen LogP contribution in [0.25, 0.3) is 0 Å². The highest BCUT2D eigenvalue weighted by molar-refractivity contribution is 7.92. The van der Waals surface area contributed by atoms with Gasteiger partial charge in [-0.2, -0.15) is 0 Å². The molecule has 0 amide bonds. The van der Waals surface area contributed by atoms with Crippen molar-refractivity contribution >= 4 is 15.8 Å². The Morgan fingerprint density at radius 1 is 1.46 bits per heavy atom. The van der Waals surface area contributed by atoms with Gasteiger partial charge in [0.15, 0.2) is 15.8 Å². The third-order valence-corrected chi connectivity index (χ3v) is 6.78. The Kier molecular flexibility index (Phi) is 4.99. The molecule has 0 aromatic carbocycles. The molecule has 0 atom stereocenters. The molecule has 0 radical (unpaired) electrons. The molecule has 7 nitrogen and oxygen atoms in total. The highest BCUT2D eigenvalue weighted by Gasteiger charge is 2.41. The Hall–Kier alpha value is -1.57. The first-order valence-corrected chi connectivity index (χ1v) is 9.74. The van der Waals surface area contributed by atoms with Crippen LogP contribution in [0.1, 0.15) is 46.3 Å². The van der Waals surface area contributed by atoms with Crippen molar-refractivity contribution in [3.8, 4) is 0 Å². The molecule has 136 valence electrons. The highest BCUT2D eigenvalue weighted by atomic mass is 32.2. The molecule has 0 saturated carbocycles. The minimum absolute atomic E-state index is 0.0851. The maximum atomic E-state index is 12.1. The lowest BCUT2D eigenvalue weighted by Crippen LogP contribution is -2.57. The number of rotatable bonds is 2. The van der Waals surface area contributed by atoms with Crippen LogP contribution in [0.5, 0.6) is 0 Å². The molecular weight excluding hydrogens is 328 g/mol. The molecule has 2 rings (SSSR count). The van der Waals surface area contributed by atoms with Gasteiger partial charge in [-0.3, -0.25) is 4.99 Å². The largest absolute Gasteiger partial charge is 0.443 e. The summed E-state index contributed by atoms with van der Waals surface area (Å²) in [7, 11) is -1.38. The van der Waals surface area contributed by atoms with Gasteiger partial charge in [-0.15, -0.1) is 0 Å². The normalized spacial score (nSPS) is 20.9. The van der Waals surface area contributed by atoms with Gasteiger partial charge >= 0.3 is 0 Å². The minimum atomic E-state index is -3.07. The summed E-state index contributed by atoms with van der Waals surface area (Å²) in [6.07, 6.45) is 1.75. The van der Waals surface area contributed by atoms with Crippen LogP contribution in [0, 0.1) is 0 Å². The molecule has 1 aromatic heterocycles. The molecule has 1 fully saturated rings. The SMILES string of the molecule is CN=C(NCc1ncc(C(C)(C)C)o1)N1CCS(=O)(=O)C(C)(C)C1. The first kappa shape index (κ1) is 18.8. The Morgan fingerprint density at radius 3 is 2.62 bits per heavy atom. The number of aliphatic imine (C=N–C) groups is 1. The van der Waals surface area contributed by atoms with E-state index in [4.69, 9.17) is 4.42 Å². The van der Waals surface area contributed by atoms with Crippen LogP contribution < -0.4 is 5.32 Å². The average Bonchev–Trinajstić information content (AvgIpc) is 2.92. The van der Waals surface area contributed by atoms with E-state index >= 15 is 0 Å². The summed E-state index contributed by atoms with van der Waals surface area (Å²) in [5.74, 6) is 2.21. The van der Waals surface area contributed by atoms with E-state index in [-0.39, 0.29) is 11.2 Å². The summed E-state index contributed by atoms with van der Waals surface area (Å²) in [6, 6.07) is 0. The number of sulfone groups is 1. The maximum Gasteiger partial charge on any atom is 0.213 e. The number of guanidine groups is 1. The van der Waals surface area contributed by atoms with Crippen LogP contribution in [0.4, 0.5) is 0 Å².